The Labute approximate surface area is 447 Å². The Morgan fingerprint density at radius 3 is 1.21 bits per heavy atom. The van der Waals surface area contributed by atoms with Gasteiger partial charge in [0.05, 0.1) is 9.52 Å². The predicted molar refractivity (Wildman–Crippen MR) is 309 cm³/mol. The molecule has 12 aromatic carbocycles. The fraction of sp³-hybridized carbons (Fsp3) is 0.114. The zero-order valence-corrected chi connectivity index (χ0v) is 46.2. The van der Waals surface area contributed by atoms with Crippen molar-refractivity contribution in [3.8, 4) is 55.6 Å². The molecule has 13 rings (SSSR count). The Hall–Kier alpha value is -6.97. The minimum atomic E-state index is 0. The van der Waals surface area contributed by atoms with Gasteiger partial charge in [-0.05, 0) is 66.8 Å². The van der Waals surface area contributed by atoms with Gasteiger partial charge in [-0.3, -0.25) is 0 Å². The first-order chi connectivity index (χ1) is 35.0. The van der Waals surface area contributed by atoms with Gasteiger partial charge in [0.15, 0.2) is 0 Å². The summed E-state index contributed by atoms with van der Waals surface area (Å²) in [6.07, 6.45) is 2.33. The quantitative estimate of drug-likeness (QED) is 0.105. The van der Waals surface area contributed by atoms with E-state index in [4.69, 9.17) is 0 Å². The van der Waals surface area contributed by atoms with Crippen LogP contribution in [0.4, 0.5) is 0 Å². The molecule has 0 saturated carbocycles. The second kappa shape index (κ2) is 21.8. The topological polar surface area (TPSA) is 0 Å². The molecule has 2 heteroatoms. The molecule has 348 valence electrons. The van der Waals surface area contributed by atoms with Crippen molar-refractivity contribution in [3.05, 3.63) is 254 Å². The summed E-state index contributed by atoms with van der Waals surface area (Å²) in [6.45, 7) is 9.16. The van der Waals surface area contributed by atoms with E-state index in [9.17, 15) is 0 Å². The smallest absolute Gasteiger partial charge is 0.0920 e. The predicted octanol–water partition coefficient (Wildman–Crippen LogP) is 18.2. The third-order valence-corrected chi connectivity index (χ3v) is 16.2. The van der Waals surface area contributed by atoms with Crippen molar-refractivity contribution in [1.29, 1.82) is 0 Å². The summed E-state index contributed by atoms with van der Waals surface area (Å²) in [7, 11) is 0.795. The average Bonchev–Trinajstić information content (AvgIpc) is 4.19. The molecule has 0 bridgehead atoms. The normalized spacial score (nSPS) is 12.3. The third-order valence-electron chi connectivity index (χ3n) is 14.8. The Morgan fingerprint density at radius 2 is 0.736 bits per heavy atom. The zero-order valence-electron chi connectivity index (χ0n) is 41.6. The van der Waals surface area contributed by atoms with Crippen molar-refractivity contribution in [3.63, 3.8) is 0 Å². The Bertz CT molecular complexity index is 3570. The van der Waals surface area contributed by atoms with Crippen LogP contribution in [0.1, 0.15) is 63.5 Å². The van der Waals surface area contributed by atoms with Crippen molar-refractivity contribution < 1.29 is 25.8 Å². The SMILES string of the molecule is CCC(C)c1cc2c(-c3ccccc3-c3cccc4ccccc34)cccc2[cH-]1.CCC(C)c1cc2c(-c3ccccc3-c3cccc4ccccc34)cccc2[cH-]1.[Hf].[c-]1cccc2c1[Si]c1ccccc1-2. The first-order valence-electron chi connectivity index (χ1n) is 25.4. The van der Waals surface area contributed by atoms with Crippen LogP contribution < -0.4 is 10.4 Å². The van der Waals surface area contributed by atoms with Crippen molar-refractivity contribution in [2.45, 2.75) is 52.4 Å². The maximum absolute atomic E-state index is 3.31. The van der Waals surface area contributed by atoms with Crippen molar-refractivity contribution in [2.75, 3.05) is 0 Å². The molecule has 2 atom stereocenters. The molecule has 0 aromatic heterocycles. The van der Waals surface area contributed by atoms with E-state index in [2.05, 4.69) is 264 Å². The van der Waals surface area contributed by atoms with E-state index in [1.54, 1.807) is 0 Å². The van der Waals surface area contributed by atoms with Gasteiger partial charge in [-0.15, -0.1) is 74.6 Å². The number of fused-ring (bicyclic) bond motifs is 7. The zero-order chi connectivity index (χ0) is 48.3. The second-order valence-electron chi connectivity index (χ2n) is 19.1. The fourth-order valence-electron chi connectivity index (χ4n) is 10.6. The average molecular weight is 1100 g/mol. The number of hydrogen-bond acceptors (Lipinski definition) is 0. The van der Waals surface area contributed by atoms with Crippen LogP contribution in [-0.2, 0) is 25.8 Å². The van der Waals surface area contributed by atoms with Gasteiger partial charge in [0.2, 0.25) is 0 Å². The molecule has 0 N–H and O–H groups in total. The van der Waals surface area contributed by atoms with Gasteiger partial charge in [-0.2, -0.15) is 41.6 Å². The minimum Gasteiger partial charge on any atom is -0.184 e. The van der Waals surface area contributed by atoms with Crippen LogP contribution in [0.2, 0.25) is 0 Å². The van der Waals surface area contributed by atoms with Crippen molar-refractivity contribution in [1.82, 2.24) is 0 Å². The molecule has 2 unspecified atom stereocenters. The molecule has 12 aromatic rings. The Kier molecular flexibility index (Phi) is 14.7. The van der Waals surface area contributed by atoms with Crippen molar-refractivity contribution in [2.24, 2.45) is 0 Å². The number of rotatable bonds is 8. The standard InChI is InChI=1S/2C29H25.C12H7Si.Hf/c2*1-3-20(2)23-18-22-12-9-17-28(29(22)19-23)27-15-7-6-14-26(27)25-16-8-11-21-10-4-5-13-24(21)25;1-3-7-11-9(5-1)10-6-2-4-8-12(10)13-11;/h2*4-20H,3H2,1-2H3;1-7H;/q3*-1;. The van der Waals surface area contributed by atoms with Gasteiger partial charge < -0.3 is 0 Å². The number of hydrogen-bond donors (Lipinski definition) is 0. The largest absolute Gasteiger partial charge is 0.184 e. The molecular weight excluding hydrogens is 1050 g/mol. The van der Waals surface area contributed by atoms with Gasteiger partial charge in [0, 0.05) is 25.8 Å². The Balaban J connectivity index is 0.000000132. The molecular formula is C70H57HfSi-3. The maximum Gasteiger partial charge on any atom is 0.0920 e. The maximum atomic E-state index is 3.31. The van der Waals surface area contributed by atoms with Crippen LogP contribution in [0.5, 0.6) is 0 Å². The van der Waals surface area contributed by atoms with Crippen LogP contribution >= 0.6 is 0 Å². The van der Waals surface area contributed by atoms with Crippen LogP contribution in [0.25, 0.3) is 98.7 Å². The summed E-state index contributed by atoms with van der Waals surface area (Å²) < 4.78 is 0. The van der Waals surface area contributed by atoms with Crippen LogP contribution in [0.15, 0.2) is 237 Å². The molecule has 0 nitrogen and oxygen atoms in total. The molecule has 1 aliphatic heterocycles. The van der Waals surface area contributed by atoms with Crippen LogP contribution in [0.3, 0.4) is 0 Å². The summed E-state index contributed by atoms with van der Waals surface area (Å²) in [6, 6.07) is 89.3. The van der Waals surface area contributed by atoms with Gasteiger partial charge in [0.25, 0.3) is 0 Å². The van der Waals surface area contributed by atoms with E-state index >= 15 is 0 Å². The van der Waals surface area contributed by atoms with E-state index in [0.717, 1.165) is 22.4 Å². The van der Waals surface area contributed by atoms with E-state index in [1.165, 1.54) is 120 Å². The summed E-state index contributed by atoms with van der Waals surface area (Å²) in [5, 5.41) is 13.4. The molecule has 0 fully saturated rings. The summed E-state index contributed by atoms with van der Waals surface area (Å²) in [5.41, 5.74) is 16.1. The van der Waals surface area contributed by atoms with Gasteiger partial charge in [0.1, 0.15) is 0 Å². The molecule has 0 saturated heterocycles. The Morgan fingerprint density at radius 1 is 0.375 bits per heavy atom. The summed E-state index contributed by atoms with van der Waals surface area (Å²) in [5.74, 6) is 1.17. The van der Waals surface area contributed by atoms with E-state index in [-0.39, 0.29) is 25.8 Å². The van der Waals surface area contributed by atoms with Crippen LogP contribution in [0, 0.1) is 6.07 Å². The first kappa shape index (κ1) is 48.6. The molecule has 2 radical (unpaired) electrons. The molecule has 0 amide bonds. The third kappa shape index (κ3) is 9.59. The molecule has 1 aliphatic rings. The van der Waals surface area contributed by atoms with Crippen molar-refractivity contribution >= 4 is 63.0 Å². The van der Waals surface area contributed by atoms with Crippen LogP contribution in [-0.4, -0.2) is 9.52 Å². The molecule has 72 heavy (non-hydrogen) atoms. The minimum absolute atomic E-state index is 0. The van der Waals surface area contributed by atoms with E-state index in [1.807, 2.05) is 6.07 Å². The summed E-state index contributed by atoms with van der Waals surface area (Å²) >= 11 is 0. The molecule has 0 aliphatic carbocycles. The molecule has 1 heterocycles. The van der Waals surface area contributed by atoms with Gasteiger partial charge >= 0.3 is 0 Å². The van der Waals surface area contributed by atoms with Gasteiger partial charge in [-0.1, -0.05) is 232 Å². The first-order valence-corrected chi connectivity index (χ1v) is 26.4. The molecule has 0 spiro atoms. The van der Waals surface area contributed by atoms with E-state index < -0.39 is 0 Å². The summed E-state index contributed by atoms with van der Waals surface area (Å²) in [4.78, 5) is 0. The second-order valence-corrected chi connectivity index (χ2v) is 20.4. The van der Waals surface area contributed by atoms with Gasteiger partial charge in [-0.25, -0.2) is 0 Å². The fourth-order valence-corrected chi connectivity index (χ4v) is 11.9. The van der Waals surface area contributed by atoms with E-state index in [0.29, 0.717) is 11.8 Å². The number of benzene rings is 10. The monoisotopic (exact) mass is 1110 g/mol.